The highest BCUT2D eigenvalue weighted by Gasteiger charge is 2.26. The molecule has 0 aliphatic carbocycles. The van der Waals surface area contributed by atoms with E-state index in [0.717, 1.165) is 19.4 Å². The Labute approximate surface area is 106 Å². The van der Waals surface area contributed by atoms with Gasteiger partial charge < -0.3 is 9.47 Å². The van der Waals surface area contributed by atoms with Gasteiger partial charge in [0.2, 0.25) is 0 Å². The van der Waals surface area contributed by atoms with Crippen molar-refractivity contribution in [3.8, 4) is 5.75 Å². The summed E-state index contributed by atoms with van der Waals surface area (Å²) < 4.78 is 23.9. The molecule has 1 heterocycles. The van der Waals surface area contributed by atoms with Gasteiger partial charge in [-0.2, -0.15) is 0 Å². The Balaban J connectivity index is 2.21. The molecule has 1 aromatic carbocycles. The smallest absolute Gasteiger partial charge is 0.123 e. The van der Waals surface area contributed by atoms with E-state index in [1.54, 1.807) is 13.2 Å². The molecule has 2 unspecified atom stereocenters. The lowest BCUT2D eigenvalue weighted by atomic mass is 9.93. The van der Waals surface area contributed by atoms with Crippen molar-refractivity contribution in [3.05, 3.63) is 29.6 Å². The molecule has 0 aromatic heterocycles. The van der Waals surface area contributed by atoms with Crippen LogP contribution in [0.2, 0.25) is 0 Å². The number of ether oxygens (including phenoxy) is 2. The van der Waals surface area contributed by atoms with Gasteiger partial charge in [0, 0.05) is 18.1 Å². The van der Waals surface area contributed by atoms with E-state index in [0.29, 0.717) is 17.9 Å². The summed E-state index contributed by atoms with van der Waals surface area (Å²) >= 11 is 6.41. The molecule has 0 bridgehead atoms. The molecule has 1 fully saturated rings. The number of benzene rings is 1. The van der Waals surface area contributed by atoms with Crippen molar-refractivity contribution in [2.75, 3.05) is 20.3 Å². The Hall–Kier alpha value is -0.800. The predicted molar refractivity (Wildman–Crippen MR) is 65.1 cm³/mol. The molecule has 2 atom stereocenters. The van der Waals surface area contributed by atoms with Crippen LogP contribution in [-0.2, 0) is 4.74 Å². The molecule has 0 N–H and O–H groups in total. The lowest BCUT2D eigenvalue weighted by Gasteiger charge is -2.27. The minimum absolute atomic E-state index is 0.223. The molecule has 0 amide bonds. The van der Waals surface area contributed by atoms with Gasteiger partial charge in [0.1, 0.15) is 11.6 Å². The fourth-order valence-electron chi connectivity index (χ4n) is 2.17. The SMILES string of the molecule is COc1ccc(F)cc1C(Cl)C1CCCOC1. The minimum Gasteiger partial charge on any atom is -0.496 e. The molecule has 0 saturated carbocycles. The van der Waals surface area contributed by atoms with E-state index < -0.39 is 0 Å². The van der Waals surface area contributed by atoms with Crippen LogP contribution in [0.1, 0.15) is 23.8 Å². The second-order valence-corrected chi connectivity index (χ2v) is 4.74. The van der Waals surface area contributed by atoms with E-state index in [9.17, 15) is 4.39 Å². The highest BCUT2D eigenvalue weighted by molar-refractivity contribution is 6.21. The summed E-state index contributed by atoms with van der Waals surface area (Å²) in [5, 5.41) is -0.263. The van der Waals surface area contributed by atoms with E-state index in [1.807, 2.05) is 0 Å². The number of rotatable bonds is 3. The van der Waals surface area contributed by atoms with Crippen LogP contribution in [0.15, 0.2) is 18.2 Å². The van der Waals surface area contributed by atoms with Crippen molar-refractivity contribution in [2.24, 2.45) is 5.92 Å². The van der Waals surface area contributed by atoms with E-state index in [-0.39, 0.29) is 17.1 Å². The molecular formula is C13H16ClFO2. The lowest BCUT2D eigenvalue weighted by Crippen LogP contribution is -2.21. The fourth-order valence-corrected chi connectivity index (χ4v) is 2.54. The van der Waals surface area contributed by atoms with Crippen LogP contribution in [0.4, 0.5) is 4.39 Å². The van der Waals surface area contributed by atoms with Crippen LogP contribution >= 0.6 is 11.6 Å². The van der Waals surface area contributed by atoms with Crippen LogP contribution in [0, 0.1) is 11.7 Å². The van der Waals surface area contributed by atoms with E-state index in [1.165, 1.54) is 12.1 Å². The molecule has 1 aromatic rings. The third-order valence-electron chi connectivity index (χ3n) is 3.10. The highest BCUT2D eigenvalue weighted by Crippen LogP contribution is 2.38. The number of alkyl halides is 1. The summed E-state index contributed by atoms with van der Waals surface area (Å²) in [7, 11) is 1.57. The first kappa shape index (κ1) is 12.7. The van der Waals surface area contributed by atoms with Crippen LogP contribution in [0.3, 0.4) is 0 Å². The Morgan fingerprint density at radius 1 is 1.53 bits per heavy atom. The van der Waals surface area contributed by atoms with Crippen LogP contribution in [0.25, 0.3) is 0 Å². The maximum atomic E-state index is 13.3. The lowest BCUT2D eigenvalue weighted by molar-refractivity contribution is 0.0529. The van der Waals surface area contributed by atoms with Crippen LogP contribution in [0.5, 0.6) is 5.75 Å². The number of halogens is 2. The zero-order valence-electron chi connectivity index (χ0n) is 9.79. The van der Waals surface area contributed by atoms with Crippen LogP contribution in [-0.4, -0.2) is 20.3 Å². The average Bonchev–Trinajstić information content (AvgIpc) is 2.39. The zero-order chi connectivity index (χ0) is 12.3. The van der Waals surface area contributed by atoms with Crippen molar-refractivity contribution in [3.63, 3.8) is 0 Å². The maximum Gasteiger partial charge on any atom is 0.123 e. The molecule has 1 aliphatic heterocycles. The molecule has 2 nitrogen and oxygen atoms in total. The zero-order valence-corrected chi connectivity index (χ0v) is 10.5. The van der Waals surface area contributed by atoms with E-state index in [2.05, 4.69) is 0 Å². The van der Waals surface area contributed by atoms with Gasteiger partial charge in [-0.25, -0.2) is 4.39 Å². The number of hydrogen-bond acceptors (Lipinski definition) is 2. The molecule has 1 aliphatic rings. The van der Waals surface area contributed by atoms with Gasteiger partial charge in [-0.1, -0.05) is 0 Å². The minimum atomic E-state index is -0.289. The summed E-state index contributed by atoms with van der Waals surface area (Å²) in [6, 6.07) is 4.44. The van der Waals surface area contributed by atoms with Gasteiger partial charge in [0.15, 0.2) is 0 Å². The largest absolute Gasteiger partial charge is 0.496 e. The summed E-state index contributed by atoms with van der Waals surface area (Å²) in [6.07, 6.45) is 2.01. The van der Waals surface area contributed by atoms with Gasteiger partial charge in [-0.3, -0.25) is 0 Å². The van der Waals surface area contributed by atoms with Crippen molar-refractivity contribution < 1.29 is 13.9 Å². The Kier molecular flexibility index (Phi) is 4.24. The molecular weight excluding hydrogens is 243 g/mol. The average molecular weight is 259 g/mol. The summed E-state index contributed by atoms with van der Waals surface area (Å²) in [6.45, 7) is 1.42. The summed E-state index contributed by atoms with van der Waals surface area (Å²) in [5.41, 5.74) is 0.713. The van der Waals surface area contributed by atoms with E-state index in [4.69, 9.17) is 21.1 Å². The summed E-state index contributed by atoms with van der Waals surface area (Å²) in [5.74, 6) is 0.571. The molecule has 0 radical (unpaired) electrons. The standard InChI is InChI=1S/C13H16ClFO2/c1-16-12-5-4-10(15)7-11(12)13(14)9-3-2-6-17-8-9/h4-5,7,9,13H,2-3,6,8H2,1H3. The second-order valence-electron chi connectivity index (χ2n) is 4.27. The van der Waals surface area contributed by atoms with Gasteiger partial charge in [0.05, 0.1) is 19.1 Å². The van der Waals surface area contributed by atoms with Crippen LogP contribution < -0.4 is 4.74 Å². The van der Waals surface area contributed by atoms with Crippen molar-refractivity contribution >= 4 is 11.6 Å². The number of hydrogen-bond donors (Lipinski definition) is 0. The Morgan fingerprint density at radius 3 is 3.00 bits per heavy atom. The topological polar surface area (TPSA) is 18.5 Å². The first-order valence-corrected chi connectivity index (χ1v) is 6.21. The van der Waals surface area contributed by atoms with Gasteiger partial charge in [-0.05, 0) is 31.0 Å². The molecule has 0 spiro atoms. The van der Waals surface area contributed by atoms with Crippen molar-refractivity contribution in [1.29, 1.82) is 0 Å². The van der Waals surface area contributed by atoms with Crippen molar-refractivity contribution in [1.82, 2.24) is 0 Å². The fraction of sp³-hybridized carbons (Fsp3) is 0.538. The monoisotopic (exact) mass is 258 g/mol. The maximum absolute atomic E-state index is 13.3. The molecule has 94 valence electrons. The first-order chi connectivity index (χ1) is 8.22. The van der Waals surface area contributed by atoms with Gasteiger partial charge in [-0.15, -0.1) is 11.6 Å². The highest BCUT2D eigenvalue weighted by atomic mass is 35.5. The third-order valence-corrected chi connectivity index (χ3v) is 3.69. The van der Waals surface area contributed by atoms with E-state index >= 15 is 0 Å². The van der Waals surface area contributed by atoms with Gasteiger partial charge in [0.25, 0.3) is 0 Å². The normalized spacial score (nSPS) is 22.2. The quantitative estimate of drug-likeness (QED) is 0.772. The Bertz CT molecular complexity index is 378. The second kappa shape index (κ2) is 5.69. The van der Waals surface area contributed by atoms with Crippen molar-refractivity contribution in [2.45, 2.75) is 18.2 Å². The third kappa shape index (κ3) is 2.90. The molecule has 17 heavy (non-hydrogen) atoms. The Morgan fingerprint density at radius 2 is 2.35 bits per heavy atom. The van der Waals surface area contributed by atoms with Gasteiger partial charge >= 0.3 is 0 Å². The molecule has 1 saturated heterocycles. The predicted octanol–water partition coefficient (Wildman–Crippen LogP) is 3.54. The number of methoxy groups -OCH3 is 1. The summed E-state index contributed by atoms with van der Waals surface area (Å²) in [4.78, 5) is 0. The molecule has 4 heteroatoms. The molecule has 2 rings (SSSR count). The first-order valence-electron chi connectivity index (χ1n) is 5.77.